The zero-order valence-electron chi connectivity index (χ0n) is 10.5. The highest BCUT2D eigenvalue weighted by molar-refractivity contribution is 5.84. The highest BCUT2D eigenvalue weighted by Gasteiger charge is 2.34. The van der Waals surface area contributed by atoms with Gasteiger partial charge in [0.15, 0.2) is 0 Å². The van der Waals surface area contributed by atoms with Crippen molar-refractivity contribution in [3.8, 4) is 0 Å². The fourth-order valence-electron chi connectivity index (χ4n) is 2.63. The van der Waals surface area contributed by atoms with E-state index in [0.717, 1.165) is 25.7 Å². The summed E-state index contributed by atoms with van der Waals surface area (Å²) < 4.78 is 5.26. The molecule has 1 heterocycles. The molecule has 18 heavy (non-hydrogen) atoms. The Morgan fingerprint density at radius 1 is 1.50 bits per heavy atom. The molecule has 5 nitrogen and oxygen atoms in total. The second kappa shape index (κ2) is 5.12. The first kappa shape index (κ1) is 13.1. The number of carboxylic acids is 1. The summed E-state index contributed by atoms with van der Waals surface area (Å²) in [4.78, 5) is 10.7. The third kappa shape index (κ3) is 2.57. The molecule has 0 saturated heterocycles. The summed E-state index contributed by atoms with van der Waals surface area (Å²) in [6.07, 6.45) is 4.11. The van der Waals surface area contributed by atoms with Gasteiger partial charge in [0.05, 0.1) is 12.6 Å². The van der Waals surface area contributed by atoms with E-state index in [1.54, 1.807) is 6.07 Å². The number of hydrogen-bond donors (Lipinski definition) is 3. The van der Waals surface area contributed by atoms with Crippen molar-refractivity contribution in [1.82, 2.24) is 5.32 Å². The van der Waals surface area contributed by atoms with Crippen molar-refractivity contribution in [2.75, 3.05) is 6.61 Å². The van der Waals surface area contributed by atoms with Gasteiger partial charge in [-0.15, -0.1) is 0 Å². The molecular weight excluding hydrogens is 234 g/mol. The maximum absolute atomic E-state index is 10.7. The monoisotopic (exact) mass is 253 g/mol. The van der Waals surface area contributed by atoms with Crippen LogP contribution in [0.15, 0.2) is 16.5 Å². The Morgan fingerprint density at radius 2 is 2.17 bits per heavy atom. The van der Waals surface area contributed by atoms with E-state index in [1.807, 2.05) is 6.92 Å². The summed E-state index contributed by atoms with van der Waals surface area (Å²) in [5.41, 5.74) is -0.240. The van der Waals surface area contributed by atoms with Gasteiger partial charge >= 0.3 is 5.97 Å². The summed E-state index contributed by atoms with van der Waals surface area (Å²) in [5.74, 6) is -0.526. The molecule has 0 aliphatic heterocycles. The molecule has 2 rings (SSSR count). The minimum Gasteiger partial charge on any atom is -0.475 e. The molecule has 100 valence electrons. The molecule has 1 fully saturated rings. The second-order valence-electron chi connectivity index (χ2n) is 5.02. The molecule has 1 atom stereocenters. The van der Waals surface area contributed by atoms with Crippen molar-refractivity contribution in [2.24, 2.45) is 0 Å². The number of furan rings is 1. The summed E-state index contributed by atoms with van der Waals surface area (Å²) in [5, 5.41) is 21.7. The van der Waals surface area contributed by atoms with Crippen molar-refractivity contribution >= 4 is 5.97 Å². The third-order valence-electron chi connectivity index (χ3n) is 3.65. The Hall–Kier alpha value is -1.33. The lowest BCUT2D eigenvalue weighted by Crippen LogP contribution is -2.47. The average Bonchev–Trinajstić information content (AvgIpc) is 2.98. The van der Waals surface area contributed by atoms with Crippen molar-refractivity contribution in [3.63, 3.8) is 0 Å². The first-order chi connectivity index (χ1) is 8.56. The van der Waals surface area contributed by atoms with Crippen molar-refractivity contribution in [2.45, 2.75) is 44.2 Å². The molecule has 0 radical (unpaired) electrons. The lowest BCUT2D eigenvalue weighted by Gasteiger charge is -2.31. The Bertz CT molecular complexity index is 420. The molecule has 3 N–H and O–H groups in total. The van der Waals surface area contributed by atoms with Crippen LogP contribution in [0, 0.1) is 0 Å². The van der Waals surface area contributed by atoms with E-state index in [4.69, 9.17) is 9.52 Å². The number of aromatic carboxylic acids is 1. The molecule has 1 aliphatic rings. The van der Waals surface area contributed by atoms with Crippen LogP contribution in [-0.2, 0) is 0 Å². The Labute approximate surface area is 106 Å². The van der Waals surface area contributed by atoms with Gasteiger partial charge in [-0.1, -0.05) is 12.8 Å². The van der Waals surface area contributed by atoms with Crippen molar-refractivity contribution in [3.05, 3.63) is 23.7 Å². The van der Waals surface area contributed by atoms with E-state index < -0.39 is 5.97 Å². The Morgan fingerprint density at radius 3 is 2.67 bits per heavy atom. The van der Waals surface area contributed by atoms with Crippen LogP contribution in [0.25, 0.3) is 0 Å². The van der Waals surface area contributed by atoms with Crippen LogP contribution < -0.4 is 5.32 Å². The van der Waals surface area contributed by atoms with E-state index in [9.17, 15) is 9.90 Å². The van der Waals surface area contributed by atoms with E-state index in [-0.39, 0.29) is 23.9 Å². The number of carboxylic acid groups (broad SMARTS) is 1. The molecule has 1 saturated carbocycles. The van der Waals surface area contributed by atoms with Crippen LogP contribution in [0.5, 0.6) is 0 Å². The van der Waals surface area contributed by atoms with Gasteiger partial charge in [0.25, 0.3) is 0 Å². The number of rotatable bonds is 5. The van der Waals surface area contributed by atoms with Gasteiger partial charge in [-0.25, -0.2) is 4.79 Å². The largest absolute Gasteiger partial charge is 0.475 e. The molecular formula is C13H19NO4. The second-order valence-corrected chi connectivity index (χ2v) is 5.02. The number of aliphatic hydroxyl groups is 1. The number of nitrogens with one attached hydrogen (secondary N) is 1. The molecule has 0 spiro atoms. The third-order valence-corrected chi connectivity index (χ3v) is 3.65. The topological polar surface area (TPSA) is 82.7 Å². The van der Waals surface area contributed by atoms with Gasteiger partial charge in [-0.2, -0.15) is 0 Å². The standard InChI is InChI=1S/C13H19NO4/c1-9(10-4-5-11(18-10)12(16)17)14-13(8-15)6-2-3-7-13/h4-5,9,14-15H,2-3,6-8H2,1H3,(H,16,17). The molecule has 0 aromatic carbocycles. The van der Waals surface area contributed by atoms with Crippen LogP contribution in [0.2, 0.25) is 0 Å². The fraction of sp³-hybridized carbons (Fsp3) is 0.615. The van der Waals surface area contributed by atoms with Crippen molar-refractivity contribution in [1.29, 1.82) is 0 Å². The predicted molar refractivity (Wildman–Crippen MR) is 65.5 cm³/mol. The van der Waals surface area contributed by atoms with E-state index in [2.05, 4.69) is 5.32 Å². The van der Waals surface area contributed by atoms with Crippen LogP contribution in [0.3, 0.4) is 0 Å². The fourth-order valence-corrected chi connectivity index (χ4v) is 2.63. The number of aliphatic hydroxyl groups excluding tert-OH is 1. The van der Waals surface area contributed by atoms with Crippen LogP contribution in [0.4, 0.5) is 0 Å². The van der Waals surface area contributed by atoms with Gasteiger partial charge in [-0.05, 0) is 31.9 Å². The van der Waals surface area contributed by atoms with E-state index in [0.29, 0.717) is 5.76 Å². The lowest BCUT2D eigenvalue weighted by atomic mass is 9.97. The van der Waals surface area contributed by atoms with Gasteiger partial charge in [-0.3, -0.25) is 5.32 Å². The lowest BCUT2D eigenvalue weighted by molar-refractivity contribution is 0.0658. The molecule has 1 aromatic heterocycles. The maximum atomic E-state index is 10.7. The highest BCUT2D eigenvalue weighted by atomic mass is 16.4. The minimum atomic E-state index is -1.06. The molecule has 1 aliphatic carbocycles. The minimum absolute atomic E-state index is 0.0527. The Balaban J connectivity index is 2.06. The first-order valence-corrected chi connectivity index (χ1v) is 6.28. The number of carbonyl (C=O) groups is 1. The van der Waals surface area contributed by atoms with Gasteiger partial charge in [0.1, 0.15) is 5.76 Å². The molecule has 5 heteroatoms. The molecule has 1 aromatic rings. The predicted octanol–water partition coefficient (Wildman–Crippen LogP) is 1.93. The average molecular weight is 253 g/mol. The van der Waals surface area contributed by atoms with Gasteiger partial charge < -0.3 is 14.6 Å². The number of hydrogen-bond acceptors (Lipinski definition) is 4. The van der Waals surface area contributed by atoms with E-state index >= 15 is 0 Å². The summed E-state index contributed by atoms with van der Waals surface area (Å²) in [6.45, 7) is 2.02. The summed E-state index contributed by atoms with van der Waals surface area (Å²) in [7, 11) is 0. The van der Waals surface area contributed by atoms with Crippen LogP contribution >= 0.6 is 0 Å². The quantitative estimate of drug-likeness (QED) is 0.747. The summed E-state index contributed by atoms with van der Waals surface area (Å²) >= 11 is 0. The Kier molecular flexibility index (Phi) is 3.73. The SMILES string of the molecule is CC(NC1(CO)CCCC1)c1ccc(C(=O)O)o1. The maximum Gasteiger partial charge on any atom is 0.371 e. The van der Waals surface area contributed by atoms with E-state index in [1.165, 1.54) is 6.07 Å². The van der Waals surface area contributed by atoms with Crippen molar-refractivity contribution < 1.29 is 19.4 Å². The first-order valence-electron chi connectivity index (χ1n) is 6.28. The smallest absolute Gasteiger partial charge is 0.371 e. The zero-order valence-corrected chi connectivity index (χ0v) is 10.5. The van der Waals surface area contributed by atoms with Crippen LogP contribution in [0.1, 0.15) is 55.0 Å². The molecule has 1 unspecified atom stereocenters. The molecule has 0 amide bonds. The van der Waals surface area contributed by atoms with Gasteiger partial charge in [0, 0.05) is 5.54 Å². The summed E-state index contributed by atoms with van der Waals surface area (Å²) in [6, 6.07) is 3.01. The molecule has 0 bridgehead atoms. The zero-order chi connectivity index (χ0) is 13.2. The highest BCUT2D eigenvalue weighted by Crippen LogP contribution is 2.32. The van der Waals surface area contributed by atoms with Gasteiger partial charge in [0.2, 0.25) is 5.76 Å². The van der Waals surface area contributed by atoms with Crippen LogP contribution in [-0.4, -0.2) is 28.3 Å². The normalized spacial score (nSPS) is 19.9.